The normalized spacial score (nSPS) is 16.8. The number of halogens is 2. The van der Waals surface area contributed by atoms with Gasteiger partial charge in [-0.3, -0.25) is 0 Å². The minimum atomic E-state index is -3.60. The van der Waals surface area contributed by atoms with Crippen LogP contribution in [0.25, 0.3) is 0 Å². The molecule has 1 fully saturated rings. The summed E-state index contributed by atoms with van der Waals surface area (Å²) in [5.74, 6) is 0. The summed E-state index contributed by atoms with van der Waals surface area (Å²) in [5.41, 5.74) is 0.613. The summed E-state index contributed by atoms with van der Waals surface area (Å²) in [4.78, 5) is 0.133. The molecule has 1 aromatic carbocycles. The van der Waals surface area contributed by atoms with Crippen molar-refractivity contribution < 1.29 is 8.42 Å². The van der Waals surface area contributed by atoms with Gasteiger partial charge in [0.15, 0.2) is 0 Å². The van der Waals surface area contributed by atoms with E-state index in [1.165, 1.54) is 10.4 Å². The zero-order chi connectivity index (χ0) is 15.6. The fourth-order valence-electron chi connectivity index (χ4n) is 2.73. The Morgan fingerprint density at radius 1 is 1.29 bits per heavy atom. The molecule has 1 saturated carbocycles. The molecule has 0 saturated heterocycles. The lowest BCUT2D eigenvalue weighted by Crippen LogP contribution is -2.35. The lowest BCUT2D eigenvalue weighted by Gasteiger charge is -2.24. The Morgan fingerprint density at radius 3 is 2.48 bits per heavy atom. The zero-order valence-electron chi connectivity index (χ0n) is 12.2. The van der Waals surface area contributed by atoms with E-state index >= 15 is 0 Å². The van der Waals surface area contributed by atoms with Crippen LogP contribution in [0.1, 0.15) is 31.2 Å². The molecule has 1 aromatic rings. The average molecular weight is 351 g/mol. The third-order valence-electron chi connectivity index (χ3n) is 4.00. The van der Waals surface area contributed by atoms with Gasteiger partial charge in [0, 0.05) is 30.2 Å². The van der Waals surface area contributed by atoms with Crippen LogP contribution in [0.2, 0.25) is 10.0 Å². The molecule has 1 aliphatic carbocycles. The van der Waals surface area contributed by atoms with Gasteiger partial charge >= 0.3 is 0 Å². The summed E-state index contributed by atoms with van der Waals surface area (Å²) in [6.07, 6.45) is 3.96. The molecule has 118 valence electrons. The van der Waals surface area contributed by atoms with Crippen LogP contribution >= 0.6 is 23.2 Å². The molecule has 4 nitrogen and oxygen atoms in total. The second-order valence-corrected chi connectivity index (χ2v) is 8.08. The van der Waals surface area contributed by atoms with Gasteiger partial charge in [-0.15, -0.1) is 0 Å². The molecule has 21 heavy (non-hydrogen) atoms. The number of rotatable bonds is 5. The highest BCUT2D eigenvalue weighted by atomic mass is 35.5. The number of benzene rings is 1. The maximum atomic E-state index is 12.8. The molecule has 2 rings (SSSR count). The van der Waals surface area contributed by atoms with Crippen molar-refractivity contribution in [1.82, 2.24) is 9.62 Å². The average Bonchev–Trinajstić information content (AvgIpc) is 2.96. The van der Waals surface area contributed by atoms with Gasteiger partial charge in [-0.25, -0.2) is 8.42 Å². The molecular formula is C14H20Cl2N2O2S. The van der Waals surface area contributed by atoms with Crippen LogP contribution in [0.5, 0.6) is 0 Å². The number of sulfonamides is 1. The Labute approximate surface area is 136 Å². The number of hydrogen-bond acceptors (Lipinski definition) is 3. The van der Waals surface area contributed by atoms with Gasteiger partial charge in [-0.2, -0.15) is 4.31 Å². The van der Waals surface area contributed by atoms with E-state index in [1.807, 2.05) is 0 Å². The third-order valence-corrected chi connectivity index (χ3v) is 6.85. The minimum Gasteiger partial charge on any atom is -0.316 e. The van der Waals surface area contributed by atoms with E-state index in [-0.39, 0.29) is 16.0 Å². The van der Waals surface area contributed by atoms with Gasteiger partial charge in [0.2, 0.25) is 10.0 Å². The molecule has 0 aliphatic heterocycles. The highest BCUT2D eigenvalue weighted by Gasteiger charge is 2.32. The van der Waals surface area contributed by atoms with E-state index in [0.29, 0.717) is 17.1 Å². The molecule has 0 aromatic heterocycles. The van der Waals surface area contributed by atoms with Gasteiger partial charge in [0.05, 0.1) is 5.02 Å². The SMILES string of the molecule is CNCc1c(Cl)ccc(S(=O)(=O)N(C)C2CCCC2)c1Cl. The fraction of sp³-hybridized carbons (Fsp3) is 0.571. The molecule has 1 N–H and O–H groups in total. The first-order chi connectivity index (χ1) is 9.89. The van der Waals surface area contributed by atoms with Gasteiger partial charge < -0.3 is 5.32 Å². The summed E-state index contributed by atoms with van der Waals surface area (Å²) in [6.45, 7) is 0.425. The van der Waals surface area contributed by atoms with Crippen molar-refractivity contribution >= 4 is 33.2 Å². The van der Waals surface area contributed by atoms with E-state index in [4.69, 9.17) is 23.2 Å². The second kappa shape index (κ2) is 6.84. The van der Waals surface area contributed by atoms with Crippen molar-refractivity contribution in [2.45, 2.75) is 43.2 Å². The van der Waals surface area contributed by atoms with E-state index in [1.54, 1.807) is 20.2 Å². The lowest BCUT2D eigenvalue weighted by molar-refractivity contribution is 0.373. The molecule has 0 atom stereocenters. The van der Waals surface area contributed by atoms with Crippen LogP contribution in [0, 0.1) is 0 Å². The van der Waals surface area contributed by atoms with Crippen LogP contribution in [-0.4, -0.2) is 32.9 Å². The maximum Gasteiger partial charge on any atom is 0.244 e. The standard InChI is InChI=1S/C14H20Cl2N2O2S/c1-17-9-11-12(15)7-8-13(14(11)16)21(19,20)18(2)10-5-3-4-6-10/h7-8,10,17H,3-6,9H2,1-2H3. The van der Waals surface area contributed by atoms with Crippen LogP contribution in [0.4, 0.5) is 0 Å². The first-order valence-electron chi connectivity index (χ1n) is 6.99. The predicted octanol–water partition coefficient (Wildman–Crippen LogP) is 3.28. The Hall–Kier alpha value is -0.330. The van der Waals surface area contributed by atoms with Gasteiger partial charge in [-0.1, -0.05) is 36.0 Å². The Morgan fingerprint density at radius 2 is 1.90 bits per heavy atom. The molecule has 0 bridgehead atoms. The van der Waals surface area contributed by atoms with Gasteiger partial charge in [-0.05, 0) is 32.0 Å². The van der Waals surface area contributed by atoms with E-state index in [9.17, 15) is 8.42 Å². The van der Waals surface area contributed by atoms with Crippen LogP contribution in [0.15, 0.2) is 17.0 Å². The molecule has 7 heteroatoms. The van der Waals surface area contributed by atoms with E-state index < -0.39 is 10.0 Å². The fourth-order valence-corrected chi connectivity index (χ4v) is 5.03. The quantitative estimate of drug-likeness (QED) is 0.886. The summed E-state index contributed by atoms with van der Waals surface area (Å²) in [7, 11) is -0.200. The first-order valence-corrected chi connectivity index (χ1v) is 9.18. The maximum absolute atomic E-state index is 12.8. The number of hydrogen-bond donors (Lipinski definition) is 1. The van der Waals surface area contributed by atoms with Crippen molar-refractivity contribution in [3.8, 4) is 0 Å². The van der Waals surface area contributed by atoms with Crippen LogP contribution < -0.4 is 5.32 Å². The Bertz CT molecular complexity index is 614. The second-order valence-electron chi connectivity index (χ2n) is 5.33. The molecular weight excluding hydrogens is 331 g/mol. The van der Waals surface area contributed by atoms with Gasteiger partial charge in [0.25, 0.3) is 0 Å². The topological polar surface area (TPSA) is 49.4 Å². The largest absolute Gasteiger partial charge is 0.316 e. The zero-order valence-corrected chi connectivity index (χ0v) is 14.5. The summed E-state index contributed by atoms with van der Waals surface area (Å²) < 4.78 is 27.0. The Balaban J connectivity index is 2.42. The highest BCUT2D eigenvalue weighted by molar-refractivity contribution is 7.89. The van der Waals surface area contributed by atoms with Crippen molar-refractivity contribution in [1.29, 1.82) is 0 Å². The molecule has 0 unspecified atom stereocenters. The van der Waals surface area contributed by atoms with E-state index in [0.717, 1.165) is 25.7 Å². The molecule has 0 amide bonds. The summed E-state index contributed by atoms with van der Waals surface area (Å²) in [5, 5.41) is 3.63. The number of nitrogens with one attached hydrogen (secondary N) is 1. The molecule has 0 heterocycles. The lowest BCUT2D eigenvalue weighted by atomic mass is 10.2. The summed E-state index contributed by atoms with van der Waals surface area (Å²) >= 11 is 12.4. The van der Waals surface area contributed by atoms with Crippen molar-refractivity contribution in [3.63, 3.8) is 0 Å². The molecule has 1 aliphatic rings. The van der Waals surface area contributed by atoms with Gasteiger partial charge in [0.1, 0.15) is 4.90 Å². The number of nitrogens with zero attached hydrogens (tertiary/aromatic N) is 1. The predicted molar refractivity (Wildman–Crippen MR) is 86.4 cm³/mol. The highest BCUT2D eigenvalue weighted by Crippen LogP contribution is 2.34. The minimum absolute atomic E-state index is 0.0643. The summed E-state index contributed by atoms with van der Waals surface area (Å²) in [6, 6.07) is 3.15. The van der Waals surface area contributed by atoms with E-state index in [2.05, 4.69) is 5.32 Å². The first kappa shape index (κ1) is 17.0. The van der Waals surface area contributed by atoms with Crippen LogP contribution in [0.3, 0.4) is 0 Å². The van der Waals surface area contributed by atoms with Crippen LogP contribution in [-0.2, 0) is 16.6 Å². The third kappa shape index (κ3) is 3.37. The smallest absolute Gasteiger partial charge is 0.244 e. The van der Waals surface area contributed by atoms with Crippen molar-refractivity contribution in [2.75, 3.05) is 14.1 Å². The van der Waals surface area contributed by atoms with Crippen molar-refractivity contribution in [2.24, 2.45) is 0 Å². The molecule has 0 spiro atoms. The molecule has 0 radical (unpaired) electrons. The Kier molecular flexibility index (Phi) is 5.54. The monoisotopic (exact) mass is 350 g/mol. The van der Waals surface area contributed by atoms with Crippen molar-refractivity contribution in [3.05, 3.63) is 27.7 Å².